The van der Waals surface area contributed by atoms with Crippen LogP contribution in [0.5, 0.6) is 0 Å². The summed E-state index contributed by atoms with van der Waals surface area (Å²) in [7, 11) is 0. The largest absolute Gasteiger partial charge is 0.327 e. The molecule has 1 aliphatic rings. The molecule has 1 heterocycles. The second-order valence-corrected chi connectivity index (χ2v) is 5.11. The summed E-state index contributed by atoms with van der Waals surface area (Å²) in [6.45, 7) is 0. The van der Waals surface area contributed by atoms with Gasteiger partial charge in [-0.15, -0.1) is 0 Å². The van der Waals surface area contributed by atoms with Crippen LogP contribution < -0.4 is 0 Å². The Morgan fingerprint density at radius 1 is 1.16 bits per heavy atom. The van der Waals surface area contributed by atoms with Crippen LogP contribution in [0.3, 0.4) is 0 Å². The minimum absolute atomic E-state index is 0.116. The molecule has 0 N–H and O–H groups in total. The van der Waals surface area contributed by atoms with E-state index in [2.05, 4.69) is 27.8 Å². The molecular weight excluding hydrogens is 234 g/mol. The van der Waals surface area contributed by atoms with Gasteiger partial charge in [-0.25, -0.2) is 4.98 Å². The molecular formula is C16H17N3. The van der Waals surface area contributed by atoms with Gasteiger partial charge in [-0.1, -0.05) is 43.2 Å². The highest BCUT2D eigenvalue weighted by atomic mass is 15.1. The smallest absolute Gasteiger partial charge is 0.140 e. The van der Waals surface area contributed by atoms with Crippen LogP contribution in [0.1, 0.15) is 31.7 Å². The van der Waals surface area contributed by atoms with Gasteiger partial charge >= 0.3 is 0 Å². The molecule has 0 spiro atoms. The van der Waals surface area contributed by atoms with E-state index in [0.29, 0.717) is 0 Å². The number of hydrogen-bond acceptors (Lipinski definition) is 2. The number of rotatable bonds is 2. The number of benzene rings is 1. The summed E-state index contributed by atoms with van der Waals surface area (Å²) >= 11 is 0. The lowest BCUT2D eigenvalue weighted by Gasteiger charge is -2.29. The predicted octanol–water partition coefficient (Wildman–Crippen LogP) is 3.80. The third kappa shape index (κ3) is 2.26. The molecule has 1 aromatic carbocycles. The van der Waals surface area contributed by atoms with Gasteiger partial charge in [0.25, 0.3) is 0 Å². The first kappa shape index (κ1) is 12.0. The van der Waals surface area contributed by atoms with E-state index in [9.17, 15) is 5.26 Å². The average Bonchev–Trinajstić information content (AvgIpc) is 2.97. The molecule has 96 valence electrons. The molecule has 2 unspecified atom stereocenters. The van der Waals surface area contributed by atoms with Gasteiger partial charge in [0.05, 0.1) is 18.0 Å². The number of nitriles is 1. The molecule has 2 atom stereocenters. The van der Waals surface area contributed by atoms with E-state index in [-0.39, 0.29) is 12.0 Å². The monoisotopic (exact) mass is 251 g/mol. The van der Waals surface area contributed by atoms with Gasteiger partial charge in [0, 0.05) is 18.0 Å². The first-order valence-electron chi connectivity index (χ1n) is 6.88. The molecule has 0 bridgehead atoms. The van der Waals surface area contributed by atoms with Gasteiger partial charge in [-0.05, 0) is 12.8 Å². The van der Waals surface area contributed by atoms with Gasteiger partial charge in [0.15, 0.2) is 0 Å². The van der Waals surface area contributed by atoms with Crippen molar-refractivity contribution >= 4 is 0 Å². The Morgan fingerprint density at radius 3 is 2.74 bits per heavy atom. The van der Waals surface area contributed by atoms with Crippen molar-refractivity contribution in [2.24, 2.45) is 5.92 Å². The molecule has 1 aliphatic carbocycles. The zero-order chi connectivity index (χ0) is 13.1. The third-order valence-corrected chi connectivity index (χ3v) is 3.95. The van der Waals surface area contributed by atoms with Crippen LogP contribution in [-0.2, 0) is 0 Å². The molecule has 3 nitrogen and oxygen atoms in total. The van der Waals surface area contributed by atoms with Crippen LogP contribution in [-0.4, -0.2) is 9.55 Å². The summed E-state index contributed by atoms with van der Waals surface area (Å²) in [6, 6.07) is 13.0. The normalized spacial score (nSPS) is 22.9. The Kier molecular flexibility index (Phi) is 3.33. The van der Waals surface area contributed by atoms with Gasteiger partial charge in [0.1, 0.15) is 5.82 Å². The standard InChI is InChI=1S/C16H17N3/c17-12-14-8-4-5-9-15(14)19-11-10-18-16(19)13-6-2-1-3-7-13/h1-3,6-7,10-11,14-15H,4-5,8-9H2. The minimum Gasteiger partial charge on any atom is -0.327 e. The second-order valence-electron chi connectivity index (χ2n) is 5.11. The highest BCUT2D eigenvalue weighted by molar-refractivity contribution is 5.55. The van der Waals surface area contributed by atoms with E-state index in [1.54, 1.807) is 0 Å². The predicted molar refractivity (Wildman–Crippen MR) is 74.3 cm³/mol. The Labute approximate surface area is 113 Å². The van der Waals surface area contributed by atoms with Gasteiger partial charge < -0.3 is 4.57 Å². The van der Waals surface area contributed by atoms with Crippen molar-refractivity contribution < 1.29 is 0 Å². The highest BCUT2D eigenvalue weighted by Gasteiger charge is 2.27. The van der Waals surface area contributed by atoms with Crippen molar-refractivity contribution in [2.45, 2.75) is 31.7 Å². The van der Waals surface area contributed by atoms with Gasteiger partial charge in [-0.2, -0.15) is 5.26 Å². The van der Waals surface area contributed by atoms with Gasteiger partial charge in [-0.3, -0.25) is 0 Å². The fourth-order valence-corrected chi connectivity index (χ4v) is 2.99. The van der Waals surface area contributed by atoms with Crippen LogP contribution in [0, 0.1) is 17.2 Å². The number of imidazole rings is 1. The minimum atomic E-state index is 0.116. The maximum atomic E-state index is 9.34. The lowest BCUT2D eigenvalue weighted by Crippen LogP contribution is -2.22. The van der Waals surface area contributed by atoms with Crippen molar-refractivity contribution in [2.75, 3.05) is 0 Å². The molecule has 1 aromatic heterocycles. The van der Waals surface area contributed by atoms with Crippen molar-refractivity contribution in [3.63, 3.8) is 0 Å². The van der Waals surface area contributed by atoms with Crippen molar-refractivity contribution in [3.8, 4) is 17.5 Å². The first-order valence-corrected chi connectivity index (χ1v) is 6.88. The molecule has 19 heavy (non-hydrogen) atoms. The van der Waals surface area contributed by atoms with Crippen molar-refractivity contribution in [1.82, 2.24) is 9.55 Å². The maximum Gasteiger partial charge on any atom is 0.140 e. The lowest BCUT2D eigenvalue weighted by atomic mass is 9.85. The fraction of sp³-hybridized carbons (Fsp3) is 0.375. The molecule has 2 aromatic rings. The topological polar surface area (TPSA) is 41.6 Å². The Hall–Kier alpha value is -2.08. The first-order chi connectivity index (χ1) is 9.40. The Bertz CT molecular complexity index is 580. The van der Waals surface area contributed by atoms with E-state index < -0.39 is 0 Å². The van der Waals surface area contributed by atoms with Gasteiger partial charge in [0.2, 0.25) is 0 Å². The zero-order valence-electron chi connectivity index (χ0n) is 10.9. The summed E-state index contributed by atoms with van der Waals surface area (Å²) in [5.74, 6) is 1.10. The van der Waals surface area contributed by atoms with Crippen LogP contribution in [0.15, 0.2) is 42.7 Å². The zero-order valence-corrected chi connectivity index (χ0v) is 10.9. The summed E-state index contributed by atoms with van der Waals surface area (Å²) in [4.78, 5) is 4.48. The summed E-state index contributed by atoms with van der Waals surface area (Å²) in [5.41, 5.74) is 1.12. The number of hydrogen-bond donors (Lipinski definition) is 0. The second kappa shape index (κ2) is 5.27. The molecule has 3 heteroatoms. The van der Waals surface area contributed by atoms with E-state index >= 15 is 0 Å². The van der Waals surface area contributed by atoms with Crippen LogP contribution in [0.2, 0.25) is 0 Å². The van der Waals surface area contributed by atoms with Crippen LogP contribution in [0.25, 0.3) is 11.4 Å². The van der Waals surface area contributed by atoms with E-state index in [0.717, 1.165) is 24.2 Å². The van der Waals surface area contributed by atoms with E-state index in [4.69, 9.17) is 0 Å². The molecule has 0 radical (unpaired) electrons. The molecule has 3 rings (SSSR count). The average molecular weight is 251 g/mol. The fourth-order valence-electron chi connectivity index (χ4n) is 2.99. The van der Waals surface area contributed by atoms with Crippen LogP contribution >= 0.6 is 0 Å². The number of nitrogens with zero attached hydrogens (tertiary/aromatic N) is 3. The summed E-state index contributed by atoms with van der Waals surface area (Å²) < 4.78 is 2.20. The van der Waals surface area contributed by atoms with Crippen LogP contribution in [0.4, 0.5) is 0 Å². The molecule has 1 saturated carbocycles. The number of aromatic nitrogens is 2. The lowest BCUT2D eigenvalue weighted by molar-refractivity contribution is 0.291. The van der Waals surface area contributed by atoms with Crippen molar-refractivity contribution in [1.29, 1.82) is 5.26 Å². The Balaban J connectivity index is 1.98. The van der Waals surface area contributed by atoms with Crippen molar-refractivity contribution in [3.05, 3.63) is 42.7 Å². The molecule has 0 aliphatic heterocycles. The third-order valence-electron chi connectivity index (χ3n) is 3.95. The highest BCUT2D eigenvalue weighted by Crippen LogP contribution is 2.35. The maximum absolute atomic E-state index is 9.34. The SMILES string of the molecule is N#CC1CCCCC1n1ccnc1-c1ccccc1. The molecule has 1 fully saturated rings. The Morgan fingerprint density at radius 2 is 1.95 bits per heavy atom. The summed E-state index contributed by atoms with van der Waals surface area (Å²) in [6.07, 6.45) is 8.31. The van der Waals surface area contributed by atoms with E-state index in [1.807, 2.05) is 30.6 Å². The molecule has 0 saturated heterocycles. The quantitative estimate of drug-likeness (QED) is 0.814. The summed E-state index contributed by atoms with van der Waals surface area (Å²) in [5, 5.41) is 9.34. The van der Waals surface area contributed by atoms with E-state index in [1.165, 1.54) is 12.8 Å². The molecule has 0 amide bonds.